The summed E-state index contributed by atoms with van der Waals surface area (Å²) in [6.07, 6.45) is 55.9. The number of hydrogen-bond donors (Lipinski definition) is 0. The fourth-order valence-corrected chi connectivity index (χ4v) is 5.78. The Balaban J connectivity index is 4.48. The maximum absolute atomic E-state index is 12.7. The second kappa shape index (κ2) is 44.3. The van der Waals surface area contributed by atoms with Gasteiger partial charge in [-0.05, 0) is 96.3 Å². The standard InChI is InChI=1S/C50H82O6/c1-4-7-10-13-16-19-21-23-24-25-27-28-31-34-37-40-43-49(52)55-46-47(45-54-48(51)42-39-36-33-30-18-15-12-9-6-3)56-50(53)44-41-38-35-32-29-26-22-20-17-14-11-8-5-2/h7,9-10,12,16,18-19,23-24,26,29-30,35,38,47H,4-6,8,11,13-15,17,20-22,25,27-28,31-34,36-37,39-46H2,1-3H3/b10-7-,12-9-,19-16-,24-23-,29-26-,30-18-,38-35-. The fraction of sp³-hybridized carbons (Fsp3) is 0.660. The molecule has 1 unspecified atom stereocenters. The number of hydrogen-bond acceptors (Lipinski definition) is 6. The molecular weight excluding hydrogens is 697 g/mol. The molecule has 0 fully saturated rings. The highest BCUT2D eigenvalue weighted by atomic mass is 16.6. The van der Waals surface area contributed by atoms with Crippen molar-refractivity contribution in [1.82, 2.24) is 0 Å². The second-order valence-corrected chi connectivity index (χ2v) is 14.5. The van der Waals surface area contributed by atoms with E-state index in [2.05, 4.69) is 99.8 Å². The average molecular weight is 779 g/mol. The van der Waals surface area contributed by atoms with Crippen molar-refractivity contribution in [3.63, 3.8) is 0 Å². The first kappa shape index (κ1) is 52.6. The van der Waals surface area contributed by atoms with Gasteiger partial charge in [-0.15, -0.1) is 0 Å². The molecule has 0 bridgehead atoms. The lowest BCUT2D eigenvalue weighted by molar-refractivity contribution is -0.166. The van der Waals surface area contributed by atoms with Crippen LogP contribution in [0, 0.1) is 0 Å². The average Bonchev–Trinajstić information content (AvgIpc) is 3.19. The van der Waals surface area contributed by atoms with E-state index >= 15 is 0 Å². The number of esters is 3. The summed E-state index contributed by atoms with van der Waals surface area (Å²) in [6, 6.07) is 0. The van der Waals surface area contributed by atoms with Crippen LogP contribution in [-0.2, 0) is 28.6 Å². The number of carbonyl (C=O) groups excluding carboxylic acids is 3. The van der Waals surface area contributed by atoms with Gasteiger partial charge in [-0.2, -0.15) is 0 Å². The SMILES string of the molecule is CC/C=C\C/C=C\C/C=C\CCCCCCCCC(=O)OCC(COC(=O)CCCC/C=C\C/C=C\CC)OC(=O)CC/C=C\C/C=C\CCCCCCCC. The van der Waals surface area contributed by atoms with Crippen LogP contribution in [0.5, 0.6) is 0 Å². The van der Waals surface area contributed by atoms with Crippen LogP contribution < -0.4 is 0 Å². The highest BCUT2D eigenvalue weighted by Gasteiger charge is 2.19. The molecule has 0 aromatic carbocycles. The van der Waals surface area contributed by atoms with Gasteiger partial charge >= 0.3 is 17.9 Å². The van der Waals surface area contributed by atoms with Gasteiger partial charge in [0.05, 0.1) is 0 Å². The summed E-state index contributed by atoms with van der Waals surface area (Å²) in [5, 5.41) is 0. The summed E-state index contributed by atoms with van der Waals surface area (Å²) in [5.74, 6) is -1.05. The molecule has 0 amide bonds. The predicted molar refractivity (Wildman–Crippen MR) is 237 cm³/mol. The van der Waals surface area contributed by atoms with Gasteiger partial charge in [0.1, 0.15) is 13.2 Å². The summed E-state index contributed by atoms with van der Waals surface area (Å²) in [6.45, 7) is 6.27. The highest BCUT2D eigenvalue weighted by molar-refractivity contribution is 5.71. The molecule has 318 valence electrons. The van der Waals surface area contributed by atoms with Crippen molar-refractivity contribution in [3.8, 4) is 0 Å². The van der Waals surface area contributed by atoms with Crippen molar-refractivity contribution >= 4 is 17.9 Å². The van der Waals surface area contributed by atoms with E-state index in [9.17, 15) is 14.4 Å². The first-order valence-electron chi connectivity index (χ1n) is 22.6. The third kappa shape index (κ3) is 41.7. The van der Waals surface area contributed by atoms with E-state index in [1.165, 1.54) is 51.4 Å². The zero-order chi connectivity index (χ0) is 40.8. The van der Waals surface area contributed by atoms with Crippen LogP contribution in [0.4, 0.5) is 0 Å². The molecule has 0 aromatic heterocycles. The molecule has 0 heterocycles. The zero-order valence-electron chi connectivity index (χ0n) is 36.1. The fourth-order valence-electron chi connectivity index (χ4n) is 5.78. The Labute approximate surface area is 344 Å². The van der Waals surface area contributed by atoms with E-state index in [-0.39, 0.29) is 31.6 Å². The molecule has 0 spiro atoms. The smallest absolute Gasteiger partial charge is 0.306 e. The molecular formula is C50H82O6. The molecule has 0 saturated carbocycles. The van der Waals surface area contributed by atoms with E-state index < -0.39 is 12.1 Å². The molecule has 0 aromatic rings. The largest absolute Gasteiger partial charge is 0.462 e. The van der Waals surface area contributed by atoms with Gasteiger partial charge in [0.15, 0.2) is 6.10 Å². The van der Waals surface area contributed by atoms with Crippen LogP contribution in [0.15, 0.2) is 85.1 Å². The molecule has 1 atom stereocenters. The number of allylic oxidation sites excluding steroid dienone is 14. The lowest BCUT2D eigenvalue weighted by atomic mass is 10.1. The molecule has 6 nitrogen and oxygen atoms in total. The van der Waals surface area contributed by atoms with Crippen molar-refractivity contribution in [2.75, 3.05) is 13.2 Å². The van der Waals surface area contributed by atoms with Crippen molar-refractivity contribution in [2.24, 2.45) is 0 Å². The molecule has 0 saturated heterocycles. The highest BCUT2D eigenvalue weighted by Crippen LogP contribution is 2.12. The minimum absolute atomic E-state index is 0.117. The number of carbonyl (C=O) groups is 3. The Bertz CT molecular complexity index is 1120. The monoisotopic (exact) mass is 779 g/mol. The molecule has 56 heavy (non-hydrogen) atoms. The lowest BCUT2D eigenvalue weighted by Crippen LogP contribution is -2.30. The third-order valence-corrected chi connectivity index (χ3v) is 9.13. The molecule has 0 aliphatic carbocycles. The third-order valence-electron chi connectivity index (χ3n) is 9.13. The summed E-state index contributed by atoms with van der Waals surface area (Å²) in [5.41, 5.74) is 0. The van der Waals surface area contributed by atoms with Crippen molar-refractivity contribution in [1.29, 1.82) is 0 Å². The second-order valence-electron chi connectivity index (χ2n) is 14.5. The van der Waals surface area contributed by atoms with Gasteiger partial charge in [0.2, 0.25) is 0 Å². The van der Waals surface area contributed by atoms with Crippen molar-refractivity contribution < 1.29 is 28.6 Å². The molecule has 6 heteroatoms. The summed E-state index contributed by atoms with van der Waals surface area (Å²) in [7, 11) is 0. The summed E-state index contributed by atoms with van der Waals surface area (Å²) < 4.78 is 16.6. The first-order chi connectivity index (χ1) is 27.5. The van der Waals surface area contributed by atoms with Crippen LogP contribution in [0.2, 0.25) is 0 Å². The topological polar surface area (TPSA) is 78.9 Å². The molecule has 0 N–H and O–H groups in total. The van der Waals surface area contributed by atoms with Crippen LogP contribution in [0.3, 0.4) is 0 Å². The summed E-state index contributed by atoms with van der Waals surface area (Å²) in [4.78, 5) is 37.6. The number of unbranched alkanes of at least 4 members (excludes halogenated alkanes) is 14. The van der Waals surface area contributed by atoms with Gasteiger partial charge in [-0.25, -0.2) is 0 Å². The normalized spacial score (nSPS) is 12.8. The van der Waals surface area contributed by atoms with Gasteiger partial charge in [-0.3, -0.25) is 14.4 Å². The van der Waals surface area contributed by atoms with Crippen molar-refractivity contribution in [3.05, 3.63) is 85.1 Å². The maximum Gasteiger partial charge on any atom is 0.306 e. The van der Waals surface area contributed by atoms with Crippen LogP contribution in [-0.4, -0.2) is 37.2 Å². The first-order valence-corrected chi connectivity index (χ1v) is 22.6. The Kier molecular flexibility index (Phi) is 41.6. The van der Waals surface area contributed by atoms with E-state index in [0.29, 0.717) is 19.3 Å². The maximum atomic E-state index is 12.7. The molecule has 0 aliphatic heterocycles. The molecule has 0 aliphatic rings. The van der Waals surface area contributed by atoms with Gasteiger partial charge in [0, 0.05) is 19.3 Å². The van der Waals surface area contributed by atoms with E-state index in [0.717, 1.165) is 96.3 Å². The van der Waals surface area contributed by atoms with Gasteiger partial charge in [-0.1, -0.05) is 164 Å². The van der Waals surface area contributed by atoms with Gasteiger partial charge in [0.25, 0.3) is 0 Å². The van der Waals surface area contributed by atoms with Crippen LogP contribution >= 0.6 is 0 Å². The van der Waals surface area contributed by atoms with Gasteiger partial charge < -0.3 is 14.2 Å². The molecule has 0 radical (unpaired) electrons. The predicted octanol–water partition coefficient (Wildman–Crippen LogP) is 14.5. The minimum Gasteiger partial charge on any atom is -0.462 e. The zero-order valence-corrected chi connectivity index (χ0v) is 36.1. The minimum atomic E-state index is -0.823. The number of rotatable bonds is 39. The quantitative estimate of drug-likeness (QED) is 0.0268. The Hall–Kier alpha value is -3.41. The Morgan fingerprint density at radius 1 is 0.375 bits per heavy atom. The van der Waals surface area contributed by atoms with E-state index in [1.807, 2.05) is 6.08 Å². The lowest BCUT2D eigenvalue weighted by Gasteiger charge is -2.18. The van der Waals surface area contributed by atoms with Crippen LogP contribution in [0.1, 0.15) is 194 Å². The van der Waals surface area contributed by atoms with E-state index in [4.69, 9.17) is 14.2 Å². The molecule has 0 rings (SSSR count). The van der Waals surface area contributed by atoms with Crippen LogP contribution in [0.25, 0.3) is 0 Å². The Morgan fingerprint density at radius 3 is 1.20 bits per heavy atom. The van der Waals surface area contributed by atoms with Crippen molar-refractivity contribution in [2.45, 2.75) is 200 Å². The van der Waals surface area contributed by atoms with E-state index in [1.54, 1.807) is 0 Å². The summed E-state index contributed by atoms with van der Waals surface area (Å²) >= 11 is 0. The number of ether oxygens (including phenoxy) is 3. The Morgan fingerprint density at radius 2 is 0.732 bits per heavy atom.